The van der Waals surface area contributed by atoms with Gasteiger partial charge in [0.15, 0.2) is 5.15 Å². The van der Waals surface area contributed by atoms with Crippen molar-refractivity contribution in [3.8, 4) is 0 Å². The number of hydrogen-bond acceptors (Lipinski definition) is 3. The molecular formula is C12H8BrCl2N3O2. The summed E-state index contributed by atoms with van der Waals surface area (Å²) in [5.74, 6) is -0.392. The zero-order valence-electron chi connectivity index (χ0n) is 9.94. The van der Waals surface area contributed by atoms with Crippen molar-refractivity contribution in [2.45, 2.75) is 6.54 Å². The second-order valence-electron chi connectivity index (χ2n) is 3.81. The molecule has 0 aliphatic heterocycles. The first-order valence-electron chi connectivity index (χ1n) is 5.44. The number of anilines is 1. The van der Waals surface area contributed by atoms with Crippen LogP contribution < -0.4 is 10.9 Å². The lowest BCUT2D eigenvalue weighted by Crippen LogP contribution is -2.28. The number of benzene rings is 1. The Hall–Kier alpha value is -1.37. The smallest absolute Gasteiger partial charge is 0.269 e. The predicted molar refractivity (Wildman–Crippen MR) is 81.3 cm³/mol. The van der Waals surface area contributed by atoms with Crippen LogP contribution in [0.2, 0.25) is 10.2 Å². The van der Waals surface area contributed by atoms with Crippen LogP contribution in [0.25, 0.3) is 0 Å². The van der Waals surface area contributed by atoms with E-state index in [1.54, 1.807) is 24.3 Å². The minimum atomic E-state index is -0.431. The zero-order valence-corrected chi connectivity index (χ0v) is 13.0. The summed E-state index contributed by atoms with van der Waals surface area (Å²) in [5.41, 5.74) is 0.0486. The van der Waals surface area contributed by atoms with Gasteiger partial charge in [0.1, 0.15) is 11.0 Å². The highest BCUT2D eigenvalue weighted by molar-refractivity contribution is 9.10. The molecule has 1 heterocycles. The van der Waals surface area contributed by atoms with Crippen LogP contribution in [0.4, 0.5) is 5.69 Å². The Bertz CT molecular complexity index is 718. The summed E-state index contributed by atoms with van der Waals surface area (Å²) in [6, 6.07) is 6.82. The summed E-state index contributed by atoms with van der Waals surface area (Å²) < 4.78 is 1.26. The fourth-order valence-electron chi connectivity index (χ4n) is 1.46. The van der Waals surface area contributed by atoms with Crippen LogP contribution in [0.5, 0.6) is 0 Å². The van der Waals surface area contributed by atoms with Gasteiger partial charge in [-0.05, 0) is 28.1 Å². The number of carbonyl (C=O) groups is 1. The van der Waals surface area contributed by atoms with E-state index in [4.69, 9.17) is 23.2 Å². The van der Waals surface area contributed by atoms with Gasteiger partial charge in [-0.25, -0.2) is 4.98 Å². The summed E-state index contributed by atoms with van der Waals surface area (Å²) in [4.78, 5) is 27.5. The van der Waals surface area contributed by atoms with Crippen LogP contribution in [-0.2, 0) is 11.3 Å². The summed E-state index contributed by atoms with van der Waals surface area (Å²) in [7, 11) is 0. The first kappa shape index (κ1) is 15.0. The Balaban J connectivity index is 2.15. The lowest BCUT2D eigenvalue weighted by atomic mass is 10.3. The summed E-state index contributed by atoms with van der Waals surface area (Å²) in [5, 5.41) is 3.09. The maximum Gasteiger partial charge on any atom is 0.269 e. The number of halogens is 3. The normalized spacial score (nSPS) is 10.3. The predicted octanol–water partition coefficient (Wildman–Crippen LogP) is 2.95. The number of para-hydroxylation sites is 1. The van der Waals surface area contributed by atoms with Crippen molar-refractivity contribution in [3.05, 3.63) is 55.6 Å². The lowest BCUT2D eigenvalue weighted by Gasteiger charge is -2.08. The second-order valence-corrected chi connectivity index (χ2v) is 5.37. The number of hydrogen-bond donors (Lipinski definition) is 1. The van der Waals surface area contributed by atoms with E-state index in [1.807, 2.05) is 0 Å². The lowest BCUT2D eigenvalue weighted by molar-refractivity contribution is -0.116. The Morgan fingerprint density at radius 1 is 1.35 bits per heavy atom. The van der Waals surface area contributed by atoms with Gasteiger partial charge in [-0.2, -0.15) is 0 Å². The molecule has 1 amide bonds. The molecule has 2 rings (SSSR count). The first-order chi connectivity index (χ1) is 9.49. The minimum absolute atomic E-state index is 0.0535. The molecule has 5 nitrogen and oxygen atoms in total. The van der Waals surface area contributed by atoms with Crippen LogP contribution in [0.15, 0.2) is 39.9 Å². The number of amides is 1. The highest BCUT2D eigenvalue weighted by Gasteiger charge is 2.11. The molecule has 2 aromatic rings. The fourth-order valence-corrected chi connectivity index (χ4v) is 2.10. The number of carbonyl (C=O) groups excluding carboxylic acids is 1. The topological polar surface area (TPSA) is 64.0 Å². The molecule has 0 unspecified atom stereocenters. The molecule has 0 aliphatic rings. The number of nitrogens with one attached hydrogen (secondary N) is 1. The number of nitrogens with zero attached hydrogens (tertiary/aromatic N) is 2. The van der Waals surface area contributed by atoms with Crippen LogP contribution in [0.1, 0.15) is 0 Å². The van der Waals surface area contributed by atoms with Gasteiger partial charge in [-0.1, -0.05) is 35.3 Å². The van der Waals surface area contributed by atoms with E-state index in [1.165, 1.54) is 6.33 Å². The average Bonchev–Trinajstić information content (AvgIpc) is 2.42. The third kappa shape index (κ3) is 3.39. The van der Waals surface area contributed by atoms with Gasteiger partial charge >= 0.3 is 0 Å². The monoisotopic (exact) mass is 375 g/mol. The van der Waals surface area contributed by atoms with E-state index in [0.29, 0.717) is 10.7 Å². The Labute approximate surface area is 132 Å². The van der Waals surface area contributed by atoms with Crippen molar-refractivity contribution < 1.29 is 4.79 Å². The molecule has 104 valence electrons. The third-order valence-corrected chi connectivity index (χ3v) is 3.96. The largest absolute Gasteiger partial charge is 0.323 e. The molecule has 0 saturated carbocycles. The molecule has 0 saturated heterocycles. The third-order valence-electron chi connectivity index (χ3n) is 2.40. The average molecular weight is 377 g/mol. The molecule has 1 N–H and O–H groups in total. The van der Waals surface area contributed by atoms with E-state index >= 15 is 0 Å². The molecule has 0 spiro atoms. The van der Waals surface area contributed by atoms with Crippen molar-refractivity contribution >= 4 is 50.7 Å². The molecule has 1 aromatic heterocycles. The summed E-state index contributed by atoms with van der Waals surface area (Å²) in [6.45, 7) is -0.188. The van der Waals surface area contributed by atoms with Gasteiger partial charge in [-0.15, -0.1) is 0 Å². The SMILES string of the molecule is O=C(Cn1cnc(Cl)c(Br)c1=O)Nc1ccccc1Cl. The first-order valence-corrected chi connectivity index (χ1v) is 6.98. The van der Waals surface area contributed by atoms with Gasteiger partial charge in [0.25, 0.3) is 5.56 Å². The zero-order chi connectivity index (χ0) is 14.7. The van der Waals surface area contributed by atoms with Crippen molar-refractivity contribution in [1.29, 1.82) is 0 Å². The molecule has 8 heteroatoms. The van der Waals surface area contributed by atoms with E-state index in [9.17, 15) is 9.59 Å². The molecule has 0 radical (unpaired) electrons. The molecule has 20 heavy (non-hydrogen) atoms. The Morgan fingerprint density at radius 2 is 2.05 bits per heavy atom. The molecule has 1 aromatic carbocycles. The number of aromatic nitrogens is 2. The van der Waals surface area contributed by atoms with Gasteiger partial charge in [-0.3, -0.25) is 14.2 Å². The van der Waals surface area contributed by atoms with Crippen LogP contribution in [0.3, 0.4) is 0 Å². The van der Waals surface area contributed by atoms with E-state index in [2.05, 4.69) is 26.2 Å². The van der Waals surface area contributed by atoms with E-state index in [-0.39, 0.29) is 16.2 Å². The second kappa shape index (κ2) is 6.39. The molecule has 0 aliphatic carbocycles. The van der Waals surface area contributed by atoms with Crippen molar-refractivity contribution in [3.63, 3.8) is 0 Å². The quantitative estimate of drug-likeness (QED) is 0.837. The van der Waals surface area contributed by atoms with Crippen molar-refractivity contribution in [2.24, 2.45) is 0 Å². The Morgan fingerprint density at radius 3 is 2.75 bits per heavy atom. The summed E-state index contributed by atoms with van der Waals surface area (Å²) in [6.07, 6.45) is 1.21. The summed E-state index contributed by atoms with van der Waals surface area (Å²) >= 11 is 14.6. The maximum absolute atomic E-state index is 11.9. The van der Waals surface area contributed by atoms with Gasteiger partial charge in [0.05, 0.1) is 17.0 Å². The van der Waals surface area contributed by atoms with Gasteiger partial charge in [0, 0.05) is 0 Å². The van der Waals surface area contributed by atoms with Crippen LogP contribution >= 0.6 is 39.1 Å². The van der Waals surface area contributed by atoms with E-state index in [0.717, 1.165) is 4.57 Å². The van der Waals surface area contributed by atoms with Gasteiger partial charge < -0.3 is 5.32 Å². The molecule has 0 atom stereocenters. The number of rotatable bonds is 3. The molecule has 0 fully saturated rings. The van der Waals surface area contributed by atoms with Crippen LogP contribution in [0, 0.1) is 0 Å². The van der Waals surface area contributed by atoms with Crippen LogP contribution in [-0.4, -0.2) is 15.5 Å². The highest BCUT2D eigenvalue weighted by atomic mass is 79.9. The Kier molecular flexibility index (Phi) is 4.80. The fraction of sp³-hybridized carbons (Fsp3) is 0.0833. The van der Waals surface area contributed by atoms with Crippen molar-refractivity contribution in [1.82, 2.24) is 9.55 Å². The standard InChI is InChI=1S/C12H8BrCl2N3O2/c13-10-11(15)16-6-18(12(10)20)5-9(19)17-8-4-2-1-3-7(8)14/h1-4,6H,5H2,(H,17,19). The van der Waals surface area contributed by atoms with E-state index < -0.39 is 11.5 Å². The van der Waals surface area contributed by atoms with Gasteiger partial charge in [0.2, 0.25) is 5.91 Å². The minimum Gasteiger partial charge on any atom is -0.323 e. The highest BCUT2D eigenvalue weighted by Crippen LogP contribution is 2.20. The maximum atomic E-state index is 11.9. The molecular weight excluding hydrogens is 369 g/mol. The van der Waals surface area contributed by atoms with Crippen molar-refractivity contribution in [2.75, 3.05) is 5.32 Å². The molecule has 0 bridgehead atoms.